The second kappa shape index (κ2) is 8.45. The van der Waals surface area contributed by atoms with Crippen molar-refractivity contribution in [1.82, 2.24) is 9.97 Å². The molecule has 2 N–H and O–H groups in total. The number of anilines is 2. The first kappa shape index (κ1) is 23.0. The van der Waals surface area contributed by atoms with Crippen LogP contribution in [0.4, 0.5) is 11.6 Å². The van der Waals surface area contributed by atoms with Gasteiger partial charge < -0.3 is 0 Å². The van der Waals surface area contributed by atoms with Crippen LogP contribution in [0.2, 0.25) is 5.02 Å². The summed E-state index contributed by atoms with van der Waals surface area (Å²) in [5, 5.41) is 0.478. The van der Waals surface area contributed by atoms with Gasteiger partial charge in [-0.3, -0.25) is 4.72 Å². The molecule has 3 rings (SSSR count). The summed E-state index contributed by atoms with van der Waals surface area (Å²) < 4.78 is 55.6. The van der Waals surface area contributed by atoms with Crippen LogP contribution in [0.1, 0.15) is 22.5 Å². The summed E-state index contributed by atoms with van der Waals surface area (Å²) in [6, 6.07) is 10.1. The number of hydrogen-bond acceptors (Lipinski definition) is 6. The minimum Gasteiger partial charge on any atom is -0.280 e. The van der Waals surface area contributed by atoms with Gasteiger partial charge >= 0.3 is 0 Å². The van der Waals surface area contributed by atoms with E-state index in [1.807, 2.05) is 0 Å². The Balaban J connectivity index is 1.83. The zero-order valence-electron chi connectivity index (χ0n) is 17.3. The lowest BCUT2D eigenvalue weighted by molar-refractivity contribution is 0.599. The molecule has 31 heavy (non-hydrogen) atoms. The third kappa shape index (κ3) is 5.33. The normalized spacial score (nSPS) is 11.9. The lowest BCUT2D eigenvalue weighted by Gasteiger charge is -2.13. The van der Waals surface area contributed by atoms with Gasteiger partial charge in [0.15, 0.2) is 0 Å². The third-order valence-electron chi connectivity index (χ3n) is 4.37. The van der Waals surface area contributed by atoms with Crippen LogP contribution >= 0.6 is 11.6 Å². The van der Waals surface area contributed by atoms with Crippen molar-refractivity contribution in [2.45, 2.75) is 37.5 Å². The van der Waals surface area contributed by atoms with E-state index < -0.39 is 20.0 Å². The quantitative estimate of drug-likeness (QED) is 0.551. The lowest BCUT2D eigenvalue weighted by atomic mass is 10.2. The molecule has 0 aliphatic heterocycles. The number of benzene rings is 2. The van der Waals surface area contributed by atoms with Crippen molar-refractivity contribution in [3.05, 3.63) is 70.0 Å². The van der Waals surface area contributed by atoms with Crippen LogP contribution in [-0.2, 0) is 20.0 Å². The number of rotatable bonds is 6. The number of aryl methyl sites for hydroxylation is 4. The first-order valence-electron chi connectivity index (χ1n) is 9.12. The van der Waals surface area contributed by atoms with Crippen molar-refractivity contribution in [1.29, 1.82) is 0 Å². The fraction of sp³-hybridized carbons (Fsp3) is 0.200. The van der Waals surface area contributed by atoms with Crippen molar-refractivity contribution in [2.24, 2.45) is 0 Å². The number of nitrogens with zero attached hydrogens (tertiary/aromatic N) is 2. The Kier molecular flexibility index (Phi) is 6.26. The van der Waals surface area contributed by atoms with Crippen molar-refractivity contribution in [3.8, 4) is 0 Å². The Morgan fingerprint density at radius 1 is 0.742 bits per heavy atom. The molecular weight excluding hydrogens is 460 g/mol. The molecule has 0 fully saturated rings. The van der Waals surface area contributed by atoms with E-state index in [4.69, 9.17) is 11.6 Å². The number of sulfonamides is 2. The smallest absolute Gasteiger partial charge is 0.264 e. The monoisotopic (exact) mass is 480 g/mol. The molecule has 0 unspecified atom stereocenters. The van der Waals surface area contributed by atoms with Crippen LogP contribution in [0.15, 0.2) is 52.3 Å². The molecule has 8 nitrogen and oxygen atoms in total. The SMILES string of the molecule is Cc1cc(C)nc(NS(=O)(=O)c2ccc(NS(=O)(=O)c3cc(C)c(Cl)cc3C)cc2)n1. The van der Waals surface area contributed by atoms with Gasteiger partial charge in [-0.2, -0.15) is 0 Å². The maximum absolute atomic E-state index is 12.8. The van der Waals surface area contributed by atoms with E-state index in [2.05, 4.69) is 19.4 Å². The molecule has 0 spiro atoms. The Morgan fingerprint density at radius 2 is 1.32 bits per heavy atom. The molecule has 0 aliphatic carbocycles. The van der Waals surface area contributed by atoms with Crippen molar-refractivity contribution < 1.29 is 16.8 Å². The van der Waals surface area contributed by atoms with Crippen LogP contribution in [0.5, 0.6) is 0 Å². The molecule has 2 aromatic carbocycles. The van der Waals surface area contributed by atoms with Crippen LogP contribution in [0.3, 0.4) is 0 Å². The van der Waals surface area contributed by atoms with Gasteiger partial charge in [-0.1, -0.05) is 11.6 Å². The number of halogens is 1. The number of hydrogen-bond donors (Lipinski definition) is 2. The van der Waals surface area contributed by atoms with E-state index in [0.717, 1.165) is 0 Å². The molecular formula is C20H21ClN4O4S2. The summed E-state index contributed by atoms with van der Waals surface area (Å²) in [7, 11) is -7.83. The minimum absolute atomic E-state index is 0.0316. The van der Waals surface area contributed by atoms with Crippen molar-refractivity contribution in [3.63, 3.8) is 0 Å². The summed E-state index contributed by atoms with van der Waals surface area (Å²) in [6.07, 6.45) is 0. The van der Waals surface area contributed by atoms with E-state index >= 15 is 0 Å². The second-order valence-electron chi connectivity index (χ2n) is 7.08. The van der Waals surface area contributed by atoms with Gasteiger partial charge in [-0.05, 0) is 81.3 Å². The van der Waals surface area contributed by atoms with Crippen molar-refractivity contribution in [2.75, 3.05) is 9.44 Å². The summed E-state index contributed by atoms with van der Waals surface area (Å²) in [5.74, 6) is -0.0316. The lowest BCUT2D eigenvalue weighted by Crippen LogP contribution is -2.16. The number of nitrogens with one attached hydrogen (secondary N) is 2. The molecule has 0 saturated carbocycles. The topological polar surface area (TPSA) is 118 Å². The van der Waals surface area contributed by atoms with Gasteiger partial charge in [0.05, 0.1) is 9.79 Å². The maximum Gasteiger partial charge on any atom is 0.264 e. The van der Waals surface area contributed by atoms with Gasteiger partial charge in [0.2, 0.25) is 5.95 Å². The fourth-order valence-electron chi connectivity index (χ4n) is 2.91. The fourth-order valence-corrected chi connectivity index (χ4v) is 5.44. The zero-order valence-corrected chi connectivity index (χ0v) is 19.7. The van der Waals surface area contributed by atoms with Gasteiger partial charge in [0, 0.05) is 22.1 Å². The highest BCUT2D eigenvalue weighted by Crippen LogP contribution is 2.26. The maximum atomic E-state index is 12.8. The van der Waals surface area contributed by atoms with E-state index in [1.54, 1.807) is 39.8 Å². The predicted octanol–water partition coefficient (Wildman–Crippen LogP) is 3.97. The van der Waals surface area contributed by atoms with Gasteiger partial charge in [-0.25, -0.2) is 31.5 Å². The van der Waals surface area contributed by atoms with E-state index in [9.17, 15) is 16.8 Å². The molecule has 1 aromatic heterocycles. The van der Waals surface area contributed by atoms with Crippen LogP contribution < -0.4 is 9.44 Å². The zero-order chi connectivity index (χ0) is 23.0. The Hall–Kier alpha value is -2.69. The first-order valence-corrected chi connectivity index (χ1v) is 12.5. The van der Waals surface area contributed by atoms with Crippen LogP contribution in [0, 0.1) is 27.7 Å². The second-order valence-corrected chi connectivity index (χ2v) is 10.8. The summed E-state index contributed by atoms with van der Waals surface area (Å²) in [6.45, 7) is 6.83. The average Bonchev–Trinajstić information content (AvgIpc) is 2.63. The Labute approximate surface area is 186 Å². The van der Waals surface area contributed by atoms with Crippen LogP contribution in [0.25, 0.3) is 0 Å². The highest BCUT2D eigenvalue weighted by atomic mass is 35.5. The minimum atomic E-state index is -3.94. The van der Waals surface area contributed by atoms with Crippen molar-refractivity contribution >= 4 is 43.3 Å². The Bertz CT molecular complexity index is 1340. The van der Waals surface area contributed by atoms with Gasteiger partial charge in [0.1, 0.15) is 0 Å². The molecule has 0 aliphatic rings. The summed E-state index contributed by atoms with van der Waals surface area (Å²) >= 11 is 6.04. The van der Waals surface area contributed by atoms with Crippen LogP contribution in [-0.4, -0.2) is 26.8 Å². The highest BCUT2D eigenvalue weighted by Gasteiger charge is 2.20. The predicted molar refractivity (Wildman–Crippen MR) is 120 cm³/mol. The number of aromatic nitrogens is 2. The largest absolute Gasteiger partial charge is 0.280 e. The molecule has 0 radical (unpaired) electrons. The third-order valence-corrected chi connectivity index (χ3v) is 7.65. The molecule has 1 heterocycles. The summed E-state index contributed by atoms with van der Waals surface area (Å²) in [5.41, 5.74) is 2.60. The van der Waals surface area contributed by atoms with Gasteiger partial charge in [0.25, 0.3) is 20.0 Å². The molecule has 0 amide bonds. The molecule has 3 aromatic rings. The average molecular weight is 481 g/mol. The van der Waals surface area contributed by atoms with E-state index in [-0.39, 0.29) is 21.4 Å². The Morgan fingerprint density at radius 3 is 1.90 bits per heavy atom. The molecule has 164 valence electrons. The first-order chi connectivity index (χ1) is 14.4. The molecule has 0 atom stereocenters. The molecule has 11 heteroatoms. The molecule has 0 saturated heterocycles. The summed E-state index contributed by atoms with van der Waals surface area (Å²) in [4.78, 5) is 8.17. The van der Waals surface area contributed by atoms with E-state index in [0.29, 0.717) is 27.5 Å². The van der Waals surface area contributed by atoms with E-state index in [1.165, 1.54) is 30.3 Å². The highest BCUT2D eigenvalue weighted by molar-refractivity contribution is 7.93. The molecule has 0 bridgehead atoms. The van der Waals surface area contributed by atoms with Gasteiger partial charge in [-0.15, -0.1) is 0 Å². The standard InChI is InChI=1S/C20H21ClN4O4S2/c1-12-10-19(13(2)9-18(12)21)31(28,29)24-16-5-7-17(8-6-16)30(26,27)25-20-22-14(3)11-15(4)23-20/h5-11,24H,1-4H3,(H,22,23,25).